The molecule has 0 spiro atoms. The first-order valence-corrected chi connectivity index (χ1v) is 14.2. The Morgan fingerprint density at radius 3 is 1.16 bits per heavy atom. The smallest absolute Gasteiger partial charge is 0.227 e. The van der Waals surface area contributed by atoms with Crippen molar-refractivity contribution in [3.8, 4) is 0 Å². The normalized spacial score (nSPS) is 23.8. The lowest BCUT2D eigenvalue weighted by Gasteiger charge is -2.23. The van der Waals surface area contributed by atoms with Crippen LogP contribution in [-0.4, -0.2) is 27.0 Å². The molecule has 3 aliphatic rings. The van der Waals surface area contributed by atoms with Gasteiger partial charge < -0.3 is 10.6 Å². The third kappa shape index (κ3) is 7.88. The summed E-state index contributed by atoms with van der Waals surface area (Å²) in [6, 6.07) is 1.02. The van der Waals surface area contributed by atoms with Crippen molar-refractivity contribution in [2.24, 2.45) is 0 Å². The van der Waals surface area contributed by atoms with Gasteiger partial charge in [-0.25, -0.2) is 0 Å². The first-order valence-electron chi connectivity index (χ1n) is 14.2. The summed E-state index contributed by atoms with van der Waals surface area (Å²) in [6.45, 7) is 0. The largest absolute Gasteiger partial charge is 0.351 e. The molecule has 2 N–H and O–H groups in total. The lowest BCUT2D eigenvalue weighted by Crippen LogP contribution is -2.25. The highest BCUT2D eigenvalue weighted by Crippen LogP contribution is 2.31. The summed E-state index contributed by atoms with van der Waals surface area (Å²) < 4.78 is 0. The fourth-order valence-electron chi connectivity index (χ4n) is 5.98. The summed E-state index contributed by atoms with van der Waals surface area (Å²) in [7, 11) is 0. The van der Waals surface area contributed by atoms with E-state index in [0.29, 0.717) is 18.0 Å². The Bertz CT molecular complexity index is 637. The van der Waals surface area contributed by atoms with Gasteiger partial charge >= 0.3 is 0 Å². The number of hydrogen-bond acceptors (Lipinski definition) is 5. The highest BCUT2D eigenvalue weighted by molar-refractivity contribution is 5.36. The fraction of sp³-hybridized carbons (Fsp3) is 0.889. The van der Waals surface area contributed by atoms with E-state index in [9.17, 15) is 0 Å². The van der Waals surface area contributed by atoms with Gasteiger partial charge in [0.25, 0.3) is 0 Å². The van der Waals surface area contributed by atoms with Crippen molar-refractivity contribution in [3.05, 3.63) is 5.82 Å². The van der Waals surface area contributed by atoms with Crippen molar-refractivity contribution >= 4 is 11.9 Å². The predicted molar refractivity (Wildman–Crippen MR) is 134 cm³/mol. The Morgan fingerprint density at radius 2 is 0.750 bits per heavy atom. The second-order valence-electron chi connectivity index (χ2n) is 10.8. The Hall–Kier alpha value is -1.39. The molecule has 32 heavy (non-hydrogen) atoms. The van der Waals surface area contributed by atoms with Crippen molar-refractivity contribution in [2.75, 3.05) is 10.6 Å². The maximum atomic E-state index is 5.02. The van der Waals surface area contributed by atoms with Crippen molar-refractivity contribution in [2.45, 2.75) is 153 Å². The van der Waals surface area contributed by atoms with Gasteiger partial charge in [0.2, 0.25) is 11.9 Å². The number of hydrogen-bond donors (Lipinski definition) is 2. The molecule has 0 bridgehead atoms. The number of aromatic nitrogens is 3. The van der Waals surface area contributed by atoms with Crippen LogP contribution in [0.15, 0.2) is 0 Å². The second kappa shape index (κ2) is 13.3. The van der Waals surface area contributed by atoms with Crippen LogP contribution in [0, 0.1) is 0 Å². The van der Waals surface area contributed by atoms with Gasteiger partial charge in [0.05, 0.1) is 0 Å². The van der Waals surface area contributed by atoms with Crippen LogP contribution in [0.3, 0.4) is 0 Å². The minimum atomic E-state index is 0.500. The number of nitrogens with zero attached hydrogens (tertiary/aromatic N) is 3. The second-order valence-corrected chi connectivity index (χ2v) is 10.8. The first kappa shape index (κ1) is 23.8. The minimum absolute atomic E-state index is 0.500. The van der Waals surface area contributed by atoms with Crippen LogP contribution in [-0.2, 0) is 0 Å². The zero-order valence-electron chi connectivity index (χ0n) is 20.4. The highest BCUT2D eigenvalue weighted by Gasteiger charge is 2.22. The van der Waals surface area contributed by atoms with Crippen molar-refractivity contribution < 1.29 is 0 Å². The molecule has 1 aromatic heterocycles. The molecule has 0 atom stereocenters. The standard InChI is InChI=1S/C27H47N5/c1-2-5-13-19-23(18-12-4-1)28-26-30-25(22-16-10-8-9-11-17-22)31-27(32-26)29-24-20-14-6-3-7-15-21-24/h22-24H,1-21H2,(H2,28,29,30,31,32). The van der Waals surface area contributed by atoms with Gasteiger partial charge in [-0.3, -0.25) is 0 Å². The maximum absolute atomic E-state index is 5.02. The van der Waals surface area contributed by atoms with E-state index in [1.165, 1.54) is 135 Å². The molecule has 0 saturated heterocycles. The van der Waals surface area contributed by atoms with E-state index in [0.717, 1.165) is 17.7 Å². The van der Waals surface area contributed by atoms with Crippen molar-refractivity contribution in [3.63, 3.8) is 0 Å². The number of rotatable bonds is 5. The average molecular weight is 442 g/mol. The summed E-state index contributed by atoms with van der Waals surface area (Å²) in [5, 5.41) is 7.52. The lowest BCUT2D eigenvalue weighted by molar-refractivity contribution is 0.469. The molecular formula is C27H47N5. The van der Waals surface area contributed by atoms with Crippen LogP contribution in [0.1, 0.15) is 147 Å². The van der Waals surface area contributed by atoms with Crippen LogP contribution >= 0.6 is 0 Å². The Morgan fingerprint density at radius 1 is 0.406 bits per heavy atom. The Labute approximate surface area is 196 Å². The van der Waals surface area contributed by atoms with Crippen LogP contribution in [0.25, 0.3) is 0 Å². The van der Waals surface area contributed by atoms with Crippen molar-refractivity contribution in [1.29, 1.82) is 0 Å². The van der Waals surface area contributed by atoms with E-state index in [-0.39, 0.29) is 0 Å². The van der Waals surface area contributed by atoms with Gasteiger partial charge in [-0.15, -0.1) is 0 Å². The molecule has 3 saturated carbocycles. The van der Waals surface area contributed by atoms with E-state index in [1.54, 1.807) is 0 Å². The molecule has 5 nitrogen and oxygen atoms in total. The zero-order chi connectivity index (χ0) is 21.8. The SMILES string of the molecule is C1CCCCC(Nc2nc(NC3CCCCCCC3)nc(C3CCCCCC3)n2)CCC1. The predicted octanol–water partition coefficient (Wildman–Crippen LogP) is 7.75. The summed E-state index contributed by atoms with van der Waals surface area (Å²) >= 11 is 0. The molecule has 180 valence electrons. The van der Waals surface area contributed by atoms with E-state index < -0.39 is 0 Å². The van der Waals surface area contributed by atoms with Crippen molar-refractivity contribution in [1.82, 2.24) is 15.0 Å². The van der Waals surface area contributed by atoms with Gasteiger partial charge in [-0.05, 0) is 38.5 Å². The number of anilines is 2. The first-order chi connectivity index (χ1) is 15.9. The van der Waals surface area contributed by atoms with Crippen LogP contribution in [0.5, 0.6) is 0 Å². The molecule has 3 fully saturated rings. The maximum Gasteiger partial charge on any atom is 0.227 e. The molecule has 5 heteroatoms. The molecule has 1 aromatic rings. The topological polar surface area (TPSA) is 62.7 Å². The van der Waals surface area contributed by atoms with E-state index in [2.05, 4.69) is 10.6 Å². The Kier molecular flexibility index (Phi) is 9.91. The van der Waals surface area contributed by atoms with Gasteiger partial charge in [0.1, 0.15) is 5.82 Å². The third-order valence-corrected chi connectivity index (χ3v) is 8.00. The van der Waals surface area contributed by atoms with E-state index >= 15 is 0 Å². The van der Waals surface area contributed by atoms with Crippen LogP contribution in [0.2, 0.25) is 0 Å². The highest BCUT2D eigenvalue weighted by atomic mass is 15.2. The molecule has 0 amide bonds. The van der Waals surface area contributed by atoms with Crippen LogP contribution in [0.4, 0.5) is 11.9 Å². The molecule has 0 aliphatic heterocycles. The molecular weight excluding hydrogens is 394 g/mol. The van der Waals surface area contributed by atoms with Crippen LogP contribution < -0.4 is 10.6 Å². The summed E-state index contributed by atoms with van der Waals surface area (Å²) in [4.78, 5) is 15.0. The summed E-state index contributed by atoms with van der Waals surface area (Å²) in [5.74, 6) is 3.20. The van der Waals surface area contributed by atoms with Gasteiger partial charge in [-0.1, -0.05) is 96.3 Å². The average Bonchev–Trinajstić information content (AvgIpc) is 2.99. The van der Waals surface area contributed by atoms with E-state index in [1.807, 2.05) is 0 Å². The molecule has 0 radical (unpaired) electrons. The molecule has 1 heterocycles. The molecule has 4 rings (SSSR count). The van der Waals surface area contributed by atoms with E-state index in [4.69, 9.17) is 15.0 Å². The number of nitrogens with one attached hydrogen (secondary N) is 2. The fourth-order valence-corrected chi connectivity index (χ4v) is 5.98. The lowest BCUT2D eigenvalue weighted by atomic mass is 9.97. The monoisotopic (exact) mass is 441 g/mol. The minimum Gasteiger partial charge on any atom is -0.351 e. The molecule has 0 unspecified atom stereocenters. The Balaban J connectivity index is 1.50. The molecule has 0 aromatic carbocycles. The zero-order valence-corrected chi connectivity index (χ0v) is 20.4. The van der Waals surface area contributed by atoms with Gasteiger partial charge in [0.15, 0.2) is 0 Å². The van der Waals surface area contributed by atoms with Gasteiger partial charge in [-0.2, -0.15) is 15.0 Å². The summed E-state index contributed by atoms with van der Waals surface area (Å²) in [5.41, 5.74) is 0. The van der Waals surface area contributed by atoms with Gasteiger partial charge in [0, 0.05) is 18.0 Å². The third-order valence-electron chi connectivity index (χ3n) is 8.00. The molecule has 3 aliphatic carbocycles. The quantitative estimate of drug-likeness (QED) is 0.457. The summed E-state index contributed by atoms with van der Waals surface area (Å²) in [6.07, 6.45) is 27.8.